The van der Waals surface area contributed by atoms with Gasteiger partial charge in [0.05, 0.1) is 23.8 Å². The van der Waals surface area contributed by atoms with Gasteiger partial charge in [0.15, 0.2) is 6.19 Å². The van der Waals surface area contributed by atoms with Crippen LogP contribution in [0.3, 0.4) is 0 Å². The summed E-state index contributed by atoms with van der Waals surface area (Å²) < 4.78 is 17.4. The number of carbonyl (C=O) groups excluding carboxylic acids is 3. The fourth-order valence-electron chi connectivity index (χ4n) is 5.11. The van der Waals surface area contributed by atoms with E-state index >= 15 is 0 Å². The topological polar surface area (TPSA) is 121 Å². The van der Waals surface area contributed by atoms with Crippen molar-refractivity contribution in [2.75, 3.05) is 26.3 Å². The van der Waals surface area contributed by atoms with Crippen LogP contribution in [0.5, 0.6) is 11.5 Å². The molecule has 228 valence electrons. The van der Waals surface area contributed by atoms with Crippen molar-refractivity contribution in [3.63, 3.8) is 0 Å². The predicted molar refractivity (Wildman–Crippen MR) is 159 cm³/mol. The fraction of sp³-hybridized carbons (Fsp3) is 0.500. The van der Waals surface area contributed by atoms with Gasteiger partial charge in [0.1, 0.15) is 23.1 Å². The molecule has 1 N–H and O–H groups in total. The van der Waals surface area contributed by atoms with Crippen molar-refractivity contribution in [3.05, 3.63) is 58.1 Å². The van der Waals surface area contributed by atoms with Gasteiger partial charge in [-0.15, -0.1) is 0 Å². The molecule has 3 heterocycles. The van der Waals surface area contributed by atoms with E-state index in [1.807, 2.05) is 39.1 Å². The molecule has 0 spiro atoms. The van der Waals surface area contributed by atoms with Crippen molar-refractivity contribution in [3.8, 4) is 17.7 Å². The quantitative estimate of drug-likeness (QED) is 0.383. The molecule has 6 rings (SSSR count). The second kappa shape index (κ2) is 12.7. The van der Waals surface area contributed by atoms with Crippen molar-refractivity contribution in [1.29, 1.82) is 5.26 Å². The number of nitrogens with one attached hydrogen (secondary N) is 1. The summed E-state index contributed by atoms with van der Waals surface area (Å²) in [4.78, 5) is 42.7. The summed E-state index contributed by atoms with van der Waals surface area (Å²) in [5.74, 6) is 0.00706. The van der Waals surface area contributed by atoms with Gasteiger partial charge in [-0.25, -0.2) is 9.69 Å². The first-order valence-electron chi connectivity index (χ1n) is 14.7. The lowest BCUT2D eigenvalue weighted by molar-refractivity contribution is -0.130. The number of benzene rings is 2. The number of halogens is 1. The average Bonchev–Trinajstić information content (AvgIpc) is 3.75. The molecule has 4 aliphatic rings. The Balaban J connectivity index is 1.41. The molecular formula is C32H37ClN4O6. The van der Waals surface area contributed by atoms with Gasteiger partial charge in [-0.1, -0.05) is 23.7 Å². The number of nitrogens with zero attached hydrogens (tertiary/aromatic N) is 3. The zero-order valence-electron chi connectivity index (χ0n) is 24.7. The van der Waals surface area contributed by atoms with Crippen LogP contribution in [0, 0.1) is 11.5 Å². The van der Waals surface area contributed by atoms with Gasteiger partial charge in [-0.3, -0.25) is 9.59 Å². The van der Waals surface area contributed by atoms with Gasteiger partial charge in [-0.2, -0.15) is 5.26 Å². The van der Waals surface area contributed by atoms with E-state index in [4.69, 9.17) is 25.8 Å². The Kier molecular flexibility index (Phi) is 9.02. The molecule has 1 aliphatic carbocycles. The lowest BCUT2D eigenvalue weighted by atomic mass is 9.90. The lowest BCUT2D eigenvalue weighted by Gasteiger charge is -2.40. The van der Waals surface area contributed by atoms with Crippen molar-refractivity contribution in [2.45, 2.75) is 76.5 Å². The molecule has 43 heavy (non-hydrogen) atoms. The molecular weight excluding hydrogens is 572 g/mol. The highest BCUT2D eigenvalue weighted by Gasteiger charge is 2.38. The monoisotopic (exact) mass is 608 g/mol. The molecule has 0 radical (unpaired) electrons. The predicted octanol–water partition coefficient (Wildman–Crippen LogP) is 5.04. The number of hydrogen-bond donors (Lipinski definition) is 1. The van der Waals surface area contributed by atoms with Crippen LogP contribution in [0.15, 0.2) is 36.4 Å². The molecule has 10 nitrogen and oxygen atoms in total. The smallest absolute Gasteiger partial charge is 0.410 e. The largest absolute Gasteiger partial charge is 0.493 e. The Morgan fingerprint density at radius 1 is 1.07 bits per heavy atom. The third-order valence-corrected chi connectivity index (χ3v) is 7.90. The highest BCUT2D eigenvalue weighted by atomic mass is 35.5. The van der Waals surface area contributed by atoms with E-state index in [9.17, 15) is 19.6 Å². The lowest BCUT2D eigenvalue weighted by Crippen LogP contribution is -2.50. The molecule has 11 heteroatoms. The van der Waals surface area contributed by atoms with E-state index in [0.717, 1.165) is 35.3 Å². The van der Waals surface area contributed by atoms with Crippen molar-refractivity contribution in [2.24, 2.45) is 0 Å². The van der Waals surface area contributed by atoms with Crippen LogP contribution in [-0.2, 0) is 16.0 Å². The first kappa shape index (κ1) is 30.5. The minimum absolute atomic E-state index is 0.0187. The Bertz CT molecular complexity index is 1420. The zero-order chi connectivity index (χ0) is 30.7. The number of rotatable bonds is 3. The molecule has 3 aliphatic heterocycles. The number of carbonyl (C=O) groups is 3. The van der Waals surface area contributed by atoms with Crippen LogP contribution in [0.2, 0.25) is 5.02 Å². The van der Waals surface area contributed by atoms with Gasteiger partial charge in [0.25, 0.3) is 11.8 Å². The Hall–Kier alpha value is -3.97. The number of nitriles is 1. The van der Waals surface area contributed by atoms with Crippen LogP contribution in [-0.4, -0.2) is 71.7 Å². The van der Waals surface area contributed by atoms with Crippen LogP contribution >= 0.6 is 11.6 Å². The molecule has 1 saturated heterocycles. The van der Waals surface area contributed by atoms with E-state index in [-0.39, 0.29) is 30.0 Å². The minimum atomic E-state index is -1.01. The van der Waals surface area contributed by atoms with E-state index in [1.54, 1.807) is 29.2 Å². The van der Waals surface area contributed by atoms with E-state index in [0.29, 0.717) is 49.2 Å². The zero-order valence-corrected chi connectivity index (χ0v) is 25.5. The van der Waals surface area contributed by atoms with Gasteiger partial charge < -0.3 is 24.4 Å². The van der Waals surface area contributed by atoms with Gasteiger partial charge in [0.2, 0.25) is 0 Å². The Morgan fingerprint density at radius 3 is 2.37 bits per heavy atom. The third-order valence-electron chi connectivity index (χ3n) is 7.60. The number of ether oxygens (including phenoxy) is 3. The normalized spacial score (nSPS) is 19.6. The maximum absolute atomic E-state index is 13.9. The molecule has 2 aromatic carbocycles. The molecule has 2 bridgehead atoms. The van der Waals surface area contributed by atoms with E-state index in [2.05, 4.69) is 5.32 Å². The van der Waals surface area contributed by atoms with Gasteiger partial charge in [0, 0.05) is 31.5 Å². The summed E-state index contributed by atoms with van der Waals surface area (Å²) in [5, 5.41) is 13.0. The van der Waals surface area contributed by atoms with Crippen molar-refractivity contribution >= 4 is 29.5 Å². The van der Waals surface area contributed by atoms with Crippen LogP contribution < -0.4 is 14.8 Å². The summed E-state index contributed by atoms with van der Waals surface area (Å²) in [6.45, 7) is 7.22. The van der Waals surface area contributed by atoms with E-state index in [1.165, 1.54) is 0 Å². The Labute approximate surface area is 256 Å². The second-order valence-corrected chi connectivity index (χ2v) is 12.7. The first-order valence-corrected chi connectivity index (χ1v) is 15.1. The van der Waals surface area contributed by atoms with Crippen molar-refractivity contribution in [1.82, 2.24) is 15.1 Å². The molecule has 2 fully saturated rings. The fourth-order valence-corrected chi connectivity index (χ4v) is 5.37. The maximum atomic E-state index is 13.9. The Morgan fingerprint density at radius 2 is 1.74 bits per heavy atom. The van der Waals surface area contributed by atoms with Crippen LogP contribution in [0.4, 0.5) is 4.79 Å². The molecule has 1 saturated carbocycles. The second-order valence-electron chi connectivity index (χ2n) is 12.3. The highest BCUT2D eigenvalue weighted by Crippen LogP contribution is 2.33. The summed E-state index contributed by atoms with van der Waals surface area (Å²) in [6, 6.07) is 9.58. The number of fused-ring (bicyclic) bond motifs is 10. The van der Waals surface area contributed by atoms with E-state index < -0.39 is 23.5 Å². The summed E-state index contributed by atoms with van der Waals surface area (Å²) in [6.07, 6.45) is 4.68. The number of likely N-dealkylation sites (tertiary alicyclic amines) is 1. The van der Waals surface area contributed by atoms with Gasteiger partial charge >= 0.3 is 6.09 Å². The highest BCUT2D eigenvalue weighted by molar-refractivity contribution is 6.32. The summed E-state index contributed by atoms with van der Waals surface area (Å²) >= 11 is 6.48. The molecule has 0 unspecified atom stereocenters. The molecule has 3 amide bonds. The summed E-state index contributed by atoms with van der Waals surface area (Å²) in [7, 11) is 0. The van der Waals surface area contributed by atoms with Crippen LogP contribution in [0.1, 0.15) is 73.9 Å². The average molecular weight is 609 g/mol. The molecule has 1 atom stereocenters. The van der Waals surface area contributed by atoms with Gasteiger partial charge in [-0.05, 0) is 81.8 Å². The number of amides is 3. The first-order chi connectivity index (χ1) is 20.5. The summed E-state index contributed by atoms with van der Waals surface area (Å²) in [5.41, 5.74) is 1.30. The SMILES string of the molecule is CC(C)(C)OC(=O)N1CC(c2ccc3c(c2)C(=O)N[C@H](C(=O)N(C#N)C2CC2)Cc2ccc(c(Cl)c2)OCCCCO3)C1. The molecule has 2 aromatic rings. The maximum Gasteiger partial charge on any atom is 0.410 e. The molecule has 0 aromatic heterocycles. The van der Waals surface area contributed by atoms with Crippen LogP contribution in [0.25, 0.3) is 0 Å². The van der Waals surface area contributed by atoms with Crippen molar-refractivity contribution < 1.29 is 28.6 Å². The number of hydrogen-bond acceptors (Lipinski definition) is 7. The minimum Gasteiger partial charge on any atom is -0.493 e. The third kappa shape index (κ3) is 7.52. The standard InChI is InChI=1S/C32H37ClN4O6/c1-32(2,3)43-31(40)36-17-22(18-36)21-7-11-27-24(16-21)29(38)35-26(30(39)37(19-34)23-8-9-23)15-20-6-10-28(25(33)14-20)42-13-5-4-12-41-27/h6-7,10-11,14,16,22-23,26H,4-5,8-9,12-13,15,17-18H2,1-3H3,(H,35,38)/t26-/m0/s1.